The molecular weight excluding hydrogens is 657 g/mol. The molecule has 0 aliphatic rings. The van der Waals surface area contributed by atoms with Crippen molar-refractivity contribution in [3.05, 3.63) is 169 Å². The van der Waals surface area contributed by atoms with Gasteiger partial charge in [0.15, 0.2) is 9.92 Å². The molecule has 7 heteroatoms. The fourth-order valence-electron chi connectivity index (χ4n) is 7.06. The molecule has 10 rings (SSSR count). The minimum Gasteiger partial charge on any atom is -0.290 e. The lowest BCUT2D eigenvalue weighted by Crippen LogP contribution is -2.05. The second-order valence-electron chi connectivity index (χ2n) is 12.0. The zero-order valence-electron chi connectivity index (χ0n) is 26.2. The van der Waals surface area contributed by atoms with E-state index in [9.17, 15) is 0 Å². The van der Waals surface area contributed by atoms with Crippen LogP contribution in [0.3, 0.4) is 0 Å². The molecule has 0 atom stereocenters. The normalized spacial score (nSPS) is 12.4. The third-order valence-corrected chi connectivity index (χ3v) is 14.7. The summed E-state index contributed by atoms with van der Waals surface area (Å²) in [6.45, 7) is 0. The summed E-state index contributed by atoms with van der Waals surface area (Å²) in [6, 6.07) is 53.8. The van der Waals surface area contributed by atoms with Gasteiger partial charge in [-0.15, -0.1) is 32.7 Å². The van der Waals surface area contributed by atoms with Crippen LogP contribution in [0.15, 0.2) is 188 Å². The summed E-state index contributed by atoms with van der Waals surface area (Å²) in [7, 11) is -1.92. The first-order valence-electron chi connectivity index (χ1n) is 16.1. The molecule has 0 aliphatic heterocycles. The first kappa shape index (κ1) is 28.5. The lowest BCUT2D eigenvalue weighted by molar-refractivity contribution is 1.24. The van der Waals surface area contributed by atoms with Gasteiger partial charge in [-0.1, -0.05) is 72.8 Å². The second-order valence-corrected chi connectivity index (χ2v) is 16.9. The molecule has 10 aromatic rings. The zero-order valence-corrected chi connectivity index (χ0v) is 28.6. The molecule has 234 valence electrons. The smallest absolute Gasteiger partial charge is 0.194 e. The van der Waals surface area contributed by atoms with Crippen molar-refractivity contribution in [1.82, 2.24) is 18.8 Å². The molecule has 0 radical (unpaired) electrons. The Labute approximate surface area is 292 Å². The summed E-state index contributed by atoms with van der Waals surface area (Å²) < 4.78 is 4.38. The molecule has 0 N–H and O–H groups in total. The van der Waals surface area contributed by atoms with Gasteiger partial charge in [-0.2, -0.15) is 0 Å². The van der Waals surface area contributed by atoms with E-state index in [1.807, 2.05) is 0 Å². The largest absolute Gasteiger partial charge is 0.290 e. The lowest BCUT2D eigenvalue weighted by atomic mass is 10.1. The standard InChI is InChI=1S/C42H28N4S3/c1-3-11-33(12-4-1)49(34-13-5-2-6-14-34,35-15-7-9-29(25-35)31-17-19-37-39(27-31)45-21-23-47-41(45)43-37)36-16-8-10-30(26-36)32-18-20-38-40(28-32)46-22-24-48-42(46)44-38/h1-28H. The van der Waals surface area contributed by atoms with Crippen molar-refractivity contribution in [3.8, 4) is 22.3 Å². The lowest BCUT2D eigenvalue weighted by Gasteiger charge is -2.42. The van der Waals surface area contributed by atoms with Gasteiger partial charge in [-0.25, -0.2) is 9.97 Å². The molecule has 0 unspecified atom stereocenters. The van der Waals surface area contributed by atoms with Crippen molar-refractivity contribution in [2.45, 2.75) is 19.6 Å². The van der Waals surface area contributed by atoms with E-state index in [0.717, 1.165) is 32.0 Å². The highest BCUT2D eigenvalue weighted by atomic mass is 32.3. The molecule has 4 nitrogen and oxygen atoms in total. The molecule has 49 heavy (non-hydrogen) atoms. The van der Waals surface area contributed by atoms with E-state index in [4.69, 9.17) is 9.97 Å². The first-order chi connectivity index (χ1) is 24.3. The summed E-state index contributed by atoms with van der Waals surface area (Å²) in [6.07, 6.45) is 4.21. The van der Waals surface area contributed by atoms with Gasteiger partial charge >= 0.3 is 0 Å². The quantitative estimate of drug-likeness (QED) is 0.175. The van der Waals surface area contributed by atoms with Gasteiger partial charge in [0.25, 0.3) is 0 Å². The van der Waals surface area contributed by atoms with Crippen molar-refractivity contribution in [3.63, 3.8) is 0 Å². The molecule has 0 bridgehead atoms. The summed E-state index contributed by atoms with van der Waals surface area (Å²) >= 11 is 3.33. The molecule has 4 heterocycles. The van der Waals surface area contributed by atoms with Crippen LogP contribution in [0, 0.1) is 0 Å². The monoisotopic (exact) mass is 684 g/mol. The highest BCUT2D eigenvalue weighted by Crippen LogP contribution is 2.73. The average Bonchev–Trinajstić information content (AvgIpc) is 3.95. The molecule has 0 saturated heterocycles. The Hall–Kier alpha value is -5.47. The Balaban J connectivity index is 1.21. The number of benzene rings is 6. The van der Waals surface area contributed by atoms with Crippen LogP contribution in [0.25, 0.3) is 54.2 Å². The molecule has 0 saturated carbocycles. The first-order valence-corrected chi connectivity index (χ1v) is 19.5. The van der Waals surface area contributed by atoms with Gasteiger partial charge < -0.3 is 0 Å². The summed E-state index contributed by atoms with van der Waals surface area (Å²) in [4.78, 5) is 16.9. The fourth-order valence-corrected chi connectivity index (χ4v) is 12.5. The van der Waals surface area contributed by atoms with Crippen LogP contribution in [0.2, 0.25) is 0 Å². The SMILES string of the molecule is c1ccc(S(c2ccccc2)(c2cccc(-c3ccc4nc5sccn5c4c3)c2)c2cccc(-c3ccc4nc5sccn5c4c3)c2)cc1. The van der Waals surface area contributed by atoms with Crippen molar-refractivity contribution < 1.29 is 0 Å². The average molecular weight is 685 g/mol. The third-order valence-electron chi connectivity index (χ3n) is 9.32. The Morgan fingerprint density at radius 1 is 0.408 bits per heavy atom. The number of fused-ring (bicyclic) bond motifs is 6. The van der Waals surface area contributed by atoms with Gasteiger partial charge in [0.2, 0.25) is 0 Å². The topological polar surface area (TPSA) is 34.6 Å². The Bertz CT molecular complexity index is 2600. The van der Waals surface area contributed by atoms with Gasteiger partial charge in [0, 0.05) is 42.7 Å². The maximum Gasteiger partial charge on any atom is 0.194 e. The van der Waals surface area contributed by atoms with Gasteiger partial charge in [0.1, 0.15) is 0 Å². The maximum absolute atomic E-state index is 4.83. The minimum absolute atomic E-state index is 1.02. The number of imidazole rings is 2. The number of aromatic nitrogens is 4. The van der Waals surface area contributed by atoms with E-state index in [0.29, 0.717) is 0 Å². The van der Waals surface area contributed by atoms with Crippen LogP contribution in [0.1, 0.15) is 0 Å². The number of nitrogens with zero attached hydrogens (tertiary/aromatic N) is 4. The number of rotatable bonds is 6. The number of hydrogen-bond acceptors (Lipinski definition) is 4. The van der Waals surface area contributed by atoms with Crippen molar-refractivity contribution >= 4 is 64.7 Å². The zero-order chi connectivity index (χ0) is 32.4. The van der Waals surface area contributed by atoms with Gasteiger partial charge in [-0.05, 0) is 95.1 Å². The van der Waals surface area contributed by atoms with Gasteiger partial charge in [-0.3, -0.25) is 8.80 Å². The van der Waals surface area contributed by atoms with Crippen molar-refractivity contribution in [2.24, 2.45) is 0 Å². The minimum atomic E-state index is -1.92. The van der Waals surface area contributed by atoms with Crippen molar-refractivity contribution in [2.75, 3.05) is 0 Å². The molecule has 0 fully saturated rings. The molecule has 0 amide bonds. The Morgan fingerprint density at radius 2 is 0.837 bits per heavy atom. The highest BCUT2D eigenvalue weighted by Gasteiger charge is 2.34. The molecule has 0 spiro atoms. The predicted octanol–water partition coefficient (Wildman–Crippen LogP) is 12.1. The molecule has 4 aromatic heterocycles. The van der Waals surface area contributed by atoms with Crippen LogP contribution < -0.4 is 0 Å². The van der Waals surface area contributed by atoms with Crippen LogP contribution >= 0.6 is 32.7 Å². The predicted molar refractivity (Wildman–Crippen MR) is 206 cm³/mol. The van der Waals surface area contributed by atoms with E-state index >= 15 is 0 Å². The fraction of sp³-hybridized carbons (Fsp3) is 0. The molecule has 6 aromatic carbocycles. The number of hydrogen-bond donors (Lipinski definition) is 0. The van der Waals surface area contributed by atoms with Gasteiger partial charge in [0.05, 0.1) is 22.1 Å². The van der Waals surface area contributed by atoms with E-state index in [1.165, 1.54) is 41.8 Å². The summed E-state index contributed by atoms with van der Waals surface area (Å²) in [5.41, 5.74) is 9.04. The number of thiazole rings is 2. The Kier molecular flexibility index (Phi) is 6.59. The highest BCUT2D eigenvalue weighted by molar-refractivity contribution is 8.34. The van der Waals surface area contributed by atoms with Crippen LogP contribution in [-0.4, -0.2) is 18.8 Å². The van der Waals surface area contributed by atoms with E-state index in [1.54, 1.807) is 22.7 Å². The summed E-state index contributed by atoms with van der Waals surface area (Å²) in [5.74, 6) is 0. The summed E-state index contributed by atoms with van der Waals surface area (Å²) in [5, 5.41) is 4.19. The van der Waals surface area contributed by atoms with Crippen LogP contribution in [-0.2, 0) is 0 Å². The van der Waals surface area contributed by atoms with E-state index in [2.05, 4.69) is 178 Å². The van der Waals surface area contributed by atoms with E-state index in [-0.39, 0.29) is 0 Å². The maximum atomic E-state index is 4.83. The third kappa shape index (κ3) is 4.51. The van der Waals surface area contributed by atoms with Crippen molar-refractivity contribution in [1.29, 1.82) is 0 Å². The van der Waals surface area contributed by atoms with Crippen LogP contribution in [0.5, 0.6) is 0 Å². The molecule has 0 aliphatic carbocycles. The van der Waals surface area contributed by atoms with Crippen LogP contribution in [0.4, 0.5) is 0 Å². The molecular formula is C42H28N4S3. The second kappa shape index (κ2) is 11.3. The van der Waals surface area contributed by atoms with E-state index < -0.39 is 10.0 Å². The Morgan fingerprint density at radius 3 is 1.31 bits per heavy atom.